The first-order chi connectivity index (χ1) is 9.17. The van der Waals surface area contributed by atoms with Crippen LogP contribution in [0.3, 0.4) is 0 Å². The van der Waals surface area contributed by atoms with E-state index in [1.807, 2.05) is 27.7 Å². The van der Waals surface area contributed by atoms with Crippen molar-refractivity contribution in [1.29, 1.82) is 0 Å². The van der Waals surface area contributed by atoms with Crippen molar-refractivity contribution in [1.82, 2.24) is 4.90 Å². The maximum absolute atomic E-state index is 12.3. The Morgan fingerprint density at radius 1 is 1.30 bits per heavy atom. The predicted molar refractivity (Wildman–Crippen MR) is 78.6 cm³/mol. The second-order valence-corrected chi connectivity index (χ2v) is 6.37. The van der Waals surface area contributed by atoms with Gasteiger partial charge in [-0.3, -0.25) is 9.59 Å². The second-order valence-electron chi connectivity index (χ2n) is 6.37. The lowest BCUT2D eigenvalue weighted by molar-refractivity contribution is -0.143. The molecule has 0 aromatic heterocycles. The molecule has 0 aliphatic carbocycles. The van der Waals surface area contributed by atoms with Gasteiger partial charge in [-0.25, -0.2) is 0 Å². The zero-order chi connectivity index (χ0) is 15.8. The Kier molecular flexibility index (Phi) is 8.46. The van der Waals surface area contributed by atoms with Gasteiger partial charge >= 0.3 is 5.97 Å². The molecule has 0 heterocycles. The summed E-state index contributed by atoms with van der Waals surface area (Å²) >= 11 is 0. The van der Waals surface area contributed by atoms with Gasteiger partial charge in [0, 0.05) is 32.7 Å². The maximum atomic E-state index is 12.3. The van der Waals surface area contributed by atoms with E-state index in [1.165, 1.54) is 0 Å². The molecule has 1 unspecified atom stereocenters. The Balaban J connectivity index is 4.52. The minimum atomic E-state index is -0.872. The molecule has 0 aromatic carbocycles. The molecule has 0 saturated carbocycles. The van der Waals surface area contributed by atoms with Gasteiger partial charge in [-0.15, -0.1) is 0 Å². The summed E-state index contributed by atoms with van der Waals surface area (Å²) in [6.07, 6.45) is 1.16. The van der Waals surface area contributed by atoms with Crippen LogP contribution in [0.15, 0.2) is 0 Å². The third kappa shape index (κ3) is 8.91. The molecule has 0 fully saturated rings. The molecule has 0 aliphatic rings. The maximum Gasteiger partial charge on any atom is 0.308 e. The van der Waals surface area contributed by atoms with Gasteiger partial charge in [-0.05, 0) is 18.8 Å². The lowest BCUT2D eigenvalue weighted by atomic mass is 9.91. The molecule has 20 heavy (non-hydrogen) atoms. The van der Waals surface area contributed by atoms with Crippen LogP contribution in [0, 0.1) is 11.3 Å². The monoisotopic (exact) mass is 287 g/mol. The number of hydrogen-bond acceptors (Lipinski definition) is 3. The van der Waals surface area contributed by atoms with Crippen molar-refractivity contribution in [2.45, 2.75) is 47.5 Å². The van der Waals surface area contributed by atoms with Crippen LogP contribution >= 0.6 is 0 Å². The van der Waals surface area contributed by atoms with Crippen LogP contribution in [0.1, 0.15) is 47.5 Å². The molecule has 0 aliphatic heterocycles. The van der Waals surface area contributed by atoms with Gasteiger partial charge in [0.2, 0.25) is 5.91 Å². The Bertz CT molecular complexity index is 309. The summed E-state index contributed by atoms with van der Waals surface area (Å²) in [6, 6.07) is 0. The number of rotatable bonds is 9. The van der Waals surface area contributed by atoms with Crippen molar-refractivity contribution in [2.24, 2.45) is 11.3 Å². The molecule has 5 heteroatoms. The molecule has 0 bridgehead atoms. The molecule has 0 rings (SSSR count). The average Bonchev–Trinajstić information content (AvgIpc) is 2.30. The Hall–Kier alpha value is -1.10. The molecule has 1 atom stereocenters. The fraction of sp³-hybridized carbons (Fsp3) is 0.867. The SMILES string of the molecule is CCOCCCN(CC(C)C(=O)O)C(=O)CC(C)(C)C. The van der Waals surface area contributed by atoms with E-state index in [1.54, 1.807) is 11.8 Å². The number of carbonyl (C=O) groups excluding carboxylic acids is 1. The zero-order valence-corrected chi connectivity index (χ0v) is 13.4. The van der Waals surface area contributed by atoms with Gasteiger partial charge in [0.1, 0.15) is 0 Å². The summed E-state index contributed by atoms with van der Waals surface area (Å²) in [5.74, 6) is -1.41. The summed E-state index contributed by atoms with van der Waals surface area (Å²) in [5, 5.41) is 8.99. The summed E-state index contributed by atoms with van der Waals surface area (Å²) in [6.45, 7) is 11.6. The number of ether oxygens (including phenoxy) is 1. The summed E-state index contributed by atoms with van der Waals surface area (Å²) < 4.78 is 5.26. The highest BCUT2D eigenvalue weighted by Crippen LogP contribution is 2.20. The van der Waals surface area contributed by atoms with E-state index in [2.05, 4.69) is 0 Å². The van der Waals surface area contributed by atoms with E-state index in [0.29, 0.717) is 26.2 Å². The Labute approximate surface area is 122 Å². The highest BCUT2D eigenvalue weighted by Gasteiger charge is 2.24. The smallest absolute Gasteiger partial charge is 0.308 e. The van der Waals surface area contributed by atoms with Gasteiger partial charge in [0.15, 0.2) is 0 Å². The molecule has 1 N–H and O–H groups in total. The van der Waals surface area contributed by atoms with E-state index < -0.39 is 11.9 Å². The topological polar surface area (TPSA) is 66.8 Å². The van der Waals surface area contributed by atoms with Gasteiger partial charge in [0.05, 0.1) is 5.92 Å². The fourth-order valence-electron chi connectivity index (χ4n) is 1.79. The van der Waals surface area contributed by atoms with Crippen LogP contribution in [0.5, 0.6) is 0 Å². The predicted octanol–water partition coefficient (Wildman–Crippen LogP) is 2.40. The van der Waals surface area contributed by atoms with E-state index in [4.69, 9.17) is 9.84 Å². The third-order valence-corrected chi connectivity index (χ3v) is 2.87. The average molecular weight is 287 g/mol. The van der Waals surface area contributed by atoms with Crippen molar-refractivity contribution >= 4 is 11.9 Å². The second kappa shape index (κ2) is 8.95. The molecule has 0 spiro atoms. The largest absolute Gasteiger partial charge is 0.481 e. The minimum absolute atomic E-state index is 0.0158. The number of carbonyl (C=O) groups is 2. The molecule has 5 nitrogen and oxygen atoms in total. The summed E-state index contributed by atoms with van der Waals surface area (Å²) in [4.78, 5) is 24.9. The first-order valence-electron chi connectivity index (χ1n) is 7.25. The number of amides is 1. The standard InChI is InChI=1S/C15H29NO4/c1-6-20-9-7-8-16(11-12(2)14(18)19)13(17)10-15(3,4)5/h12H,6-11H2,1-5H3,(H,18,19). The van der Waals surface area contributed by atoms with E-state index in [9.17, 15) is 9.59 Å². The van der Waals surface area contributed by atoms with Gasteiger partial charge in [0.25, 0.3) is 0 Å². The van der Waals surface area contributed by atoms with Crippen LogP contribution < -0.4 is 0 Å². The molecular formula is C15H29NO4. The van der Waals surface area contributed by atoms with Gasteiger partial charge in [-0.2, -0.15) is 0 Å². The van der Waals surface area contributed by atoms with Crippen LogP contribution in [0.2, 0.25) is 0 Å². The number of nitrogens with zero attached hydrogens (tertiary/aromatic N) is 1. The summed E-state index contributed by atoms with van der Waals surface area (Å²) in [5.41, 5.74) is -0.0955. The van der Waals surface area contributed by atoms with Crippen molar-refractivity contribution < 1.29 is 19.4 Å². The normalized spacial score (nSPS) is 13.1. The minimum Gasteiger partial charge on any atom is -0.481 e. The van der Waals surface area contributed by atoms with Crippen LogP contribution in [0.25, 0.3) is 0 Å². The van der Waals surface area contributed by atoms with Crippen molar-refractivity contribution in [2.75, 3.05) is 26.3 Å². The quantitative estimate of drug-likeness (QED) is 0.661. The molecule has 0 aromatic rings. The van der Waals surface area contributed by atoms with Crippen LogP contribution in [-0.4, -0.2) is 48.2 Å². The highest BCUT2D eigenvalue weighted by molar-refractivity contribution is 5.78. The van der Waals surface area contributed by atoms with E-state index >= 15 is 0 Å². The lowest BCUT2D eigenvalue weighted by Crippen LogP contribution is -2.39. The van der Waals surface area contributed by atoms with Gasteiger partial charge in [-0.1, -0.05) is 27.7 Å². The fourth-order valence-corrected chi connectivity index (χ4v) is 1.79. The summed E-state index contributed by atoms with van der Waals surface area (Å²) in [7, 11) is 0. The first-order valence-corrected chi connectivity index (χ1v) is 7.25. The molecule has 1 amide bonds. The highest BCUT2D eigenvalue weighted by atomic mass is 16.5. The molecule has 0 saturated heterocycles. The van der Waals surface area contributed by atoms with E-state index in [0.717, 1.165) is 6.42 Å². The van der Waals surface area contributed by atoms with Gasteiger partial charge < -0.3 is 14.7 Å². The Morgan fingerprint density at radius 2 is 1.90 bits per heavy atom. The number of aliphatic carboxylic acids is 1. The molecular weight excluding hydrogens is 258 g/mol. The number of carboxylic acids is 1. The van der Waals surface area contributed by atoms with Crippen molar-refractivity contribution in [3.8, 4) is 0 Å². The van der Waals surface area contributed by atoms with Crippen molar-refractivity contribution in [3.05, 3.63) is 0 Å². The van der Waals surface area contributed by atoms with Crippen LogP contribution in [0.4, 0.5) is 0 Å². The van der Waals surface area contributed by atoms with Crippen molar-refractivity contribution in [3.63, 3.8) is 0 Å². The lowest BCUT2D eigenvalue weighted by Gasteiger charge is -2.28. The number of hydrogen-bond donors (Lipinski definition) is 1. The third-order valence-electron chi connectivity index (χ3n) is 2.87. The first kappa shape index (κ1) is 18.9. The number of carboxylic acid groups (broad SMARTS) is 1. The van der Waals surface area contributed by atoms with Crippen LogP contribution in [-0.2, 0) is 14.3 Å². The van der Waals surface area contributed by atoms with E-state index in [-0.39, 0.29) is 17.9 Å². The molecule has 118 valence electrons. The zero-order valence-electron chi connectivity index (χ0n) is 13.4. The Morgan fingerprint density at radius 3 is 2.35 bits per heavy atom. The molecule has 0 radical (unpaired) electrons.